The number of benzene rings is 2. The normalized spacial score (nSPS) is 19.3. The number of likely N-dealkylation sites (tertiary alicyclic amines) is 1. The molecule has 2 fully saturated rings. The number of fused-ring (bicyclic) bond motifs is 1. The van der Waals surface area contributed by atoms with Gasteiger partial charge in [-0.05, 0) is 73.2 Å². The Hall–Kier alpha value is -5.00. The van der Waals surface area contributed by atoms with Gasteiger partial charge in [-0.1, -0.05) is 30.3 Å². The second kappa shape index (κ2) is 11.0. The van der Waals surface area contributed by atoms with Crippen LogP contribution in [-0.4, -0.2) is 66.2 Å². The number of tetrazole rings is 1. The van der Waals surface area contributed by atoms with Crippen molar-refractivity contribution >= 4 is 28.6 Å². The number of halogens is 1. The zero-order valence-electron chi connectivity index (χ0n) is 23.4. The molecule has 0 radical (unpaired) electrons. The summed E-state index contributed by atoms with van der Waals surface area (Å²) in [7, 11) is 0. The molecular weight excluding hydrogens is 551 g/mol. The van der Waals surface area contributed by atoms with Gasteiger partial charge < -0.3 is 14.6 Å². The van der Waals surface area contributed by atoms with Crippen molar-refractivity contribution in [2.45, 2.75) is 38.4 Å². The summed E-state index contributed by atoms with van der Waals surface area (Å²) in [6.45, 7) is 2.98. The summed E-state index contributed by atoms with van der Waals surface area (Å²) in [6, 6.07) is 18.6. The highest BCUT2D eigenvalue weighted by Gasteiger charge is 2.43. The van der Waals surface area contributed by atoms with Gasteiger partial charge in [-0.15, -0.1) is 10.2 Å². The molecule has 2 amide bonds. The van der Waals surface area contributed by atoms with Gasteiger partial charge in [0.25, 0.3) is 5.91 Å². The summed E-state index contributed by atoms with van der Waals surface area (Å²) in [5.41, 5.74) is 3.63. The summed E-state index contributed by atoms with van der Waals surface area (Å²) in [4.78, 5) is 38.1. The quantitative estimate of drug-likeness (QED) is 0.295. The maximum Gasteiger partial charge on any atom is 0.272 e. The zero-order chi connectivity index (χ0) is 29.5. The molecular formula is C31H29FN8O3. The fraction of sp³-hybridized carbons (Fsp3) is 0.323. The number of oxazole rings is 1. The number of carbonyl (C=O) groups is 2. The lowest BCUT2D eigenvalue weighted by atomic mass is 9.85. The number of nitrogens with one attached hydrogen (secondary N) is 1. The third-order valence-corrected chi connectivity index (χ3v) is 8.12. The number of hydrogen-bond acceptors (Lipinski definition) is 8. The number of amides is 2. The molecule has 2 aromatic carbocycles. The standard InChI is InChI=1S/C31H29FN8O3/c1-18-36-38-40(37-18)28(19-5-3-2-4-6-19)20-10-13-39(14-11-20)31(42)26-15-21(9-12-33-26)30-35-25-16-22(7-8-27(25)43-30)34-29(41)23-17-24(23)32/h2-9,12,15-16,20,23-24,28H,10-11,13-14,17H2,1H3,(H,34,41)/t23-,24+,28+/m0/s1. The first-order valence-corrected chi connectivity index (χ1v) is 14.4. The zero-order valence-corrected chi connectivity index (χ0v) is 23.4. The van der Waals surface area contributed by atoms with E-state index in [2.05, 4.69) is 42.8 Å². The number of hydrogen-bond donors (Lipinski definition) is 1. The second-order valence-electron chi connectivity index (χ2n) is 11.1. The number of pyridine rings is 1. The maximum atomic E-state index is 13.5. The van der Waals surface area contributed by atoms with Crippen LogP contribution in [0.4, 0.5) is 10.1 Å². The van der Waals surface area contributed by atoms with E-state index in [9.17, 15) is 14.0 Å². The molecule has 0 unspecified atom stereocenters. The average molecular weight is 581 g/mol. The van der Waals surface area contributed by atoms with E-state index in [0.717, 1.165) is 18.4 Å². The van der Waals surface area contributed by atoms with Crippen molar-refractivity contribution < 1.29 is 18.4 Å². The van der Waals surface area contributed by atoms with Gasteiger partial charge in [-0.25, -0.2) is 9.37 Å². The molecule has 0 bridgehead atoms. The van der Waals surface area contributed by atoms with Gasteiger partial charge in [0, 0.05) is 30.5 Å². The smallest absolute Gasteiger partial charge is 0.272 e. The lowest BCUT2D eigenvalue weighted by Crippen LogP contribution is -2.41. The third-order valence-electron chi connectivity index (χ3n) is 8.12. The van der Waals surface area contributed by atoms with Crippen molar-refractivity contribution in [3.05, 3.63) is 83.9 Å². The predicted octanol–water partition coefficient (Wildman–Crippen LogP) is 4.62. The fourth-order valence-corrected chi connectivity index (χ4v) is 5.72. The van der Waals surface area contributed by atoms with Crippen LogP contribution in [0, 0.1) is 18.8 Å². The molecule has 7 rings (SSSR count). The molecule has 0 spiro atoms. The molecule has 1 saturated carbocycles. The van der Waals surface area contributed by atoms with Crippen molar-refractivity contribution in [3.63, 3.8) is 0 Å². The SMILES string of the molecule is Cc1nnn([C@H](c2ccccc2)C2CCN(C(=O)c3cc(-c4nc5cc(NC(=O)[C@H]6C[C@H]6F)ccc5o4)ccn3)CC2)n1. The minimum Gasteiger partial charge on any atom is -0.436 e. The van der Waals surface area contributed by atoms with Crippen molar-refractivity contribution in [2.75, 3.05) is 18.4 Å². The predicted molar refractivity (Wildman–Crippen MR) is 155 cm³/mol. The molecule has 12 heteroatoms. The lowest BCUT2D eigenvalue weighted by molar-refractivity contribution is -0.117. The molecule has 1 aliphatic heterocycles. The monoisotopic (exact) mass is 580 g/mol. The summed E-state index contributed by atoms with van der Waals surface area (Å²) in [6.07, 6.45) is 2.33. The van der Waals surface area contributed by atoms with Gasteiger partial charge in [0.15, 0.2) is 11.4 Å². The Morgan fingerprint density at radius 3 is 2.58 bits per heavy atom. The van der Waals surface area contributed by atoms with Crippen molar-refractivity contribution in [3.8, 4) is 11.5 Å². The van der Waals surface area contributed by atoms with E-state index >= 15 is 0 Å². The molecule has 3 aromatic heterocycles. The number of nitrogens with zero attached hydrogens (tertiary/aromatic N) is 7. The Morgan fingerprint density at radius 1 is 1.07 bits per heavy atom. The number of rotatable bonds is 7. The van der Waals surface area contributed by atoms with Crippen LogP contribution in [0.2, 0.25) is 0 Å². The summed E-state index contributed by atoms with van der Waals surface area (Å²) in [5, 5.41) is 15.6. The highest BCUT2D eigenvalue weighted by Crippen LogP contribution is 2.36. The van der Waals surface area contributed by atoms with Crippen LogP contribution in [0.25, 0.3) is 22.6 Å². The molecule has 5 aromatic rings. The third kappa shape index (κ3) is 5.47. The van der Waals surface area contributed by atoms with Gasteiger partial charge in [0.1, 0.15) is 23.4 Å². The van der Waals surface area contributed by atoms with E-state index in [0.29, 0.717) is 52.8 Å². The van der Waals surface area contributed by atoms with E-state index in [4.69, 9.17) is 4.42 Å². The number of piperidine rings is 1. The fourth-order valence-electron chi connectivity index (χ4n) is 5.72. The average Bonchev–Trinajstić information content (AvgIpc) is 3.39. The van der Waals surface area contributed by atoms with Gasteiger partial charge in [-0.3, -0.25) is 14.6 Å². The topological polar surface area (TPSA) is 132 Å². The number of aromatic nitrogens is 6. The molecule has 1 saturated heterocycles. The van der Waals surface area contributed by atoms with Gasteiger partial charge in [-0.2, -0.15) is 4.80 Å². The largest absolute Gasteiger partial charge is 0.436 e. The number of aryl methyl sites for hydroxylation is 1. The van der Waals surface area contributed by atoms with E-state index in [1.54, 1.807) is 41.3 Å². The van der Waals surface area contributed by atoms with Crippen molar-refractivity contribution in [1.29, 1.82) is 0 Å². The van der Waals surface area contributed by atoms with Crippen molar-refractivity contribution in [1.82, 2.24) is 35.1 Å². The van der Waals surface area contributed by atoms with Crippen LogP contribution in [0.15, 0.2) is 71.3 Å². The van der Waals surface area contributed by atoms with Crippen LogP contribution in [0.3, 0.4) is 0 Å². The van der Waals surface area contributed by atoms with Crippen LogP contribution < -0.4 is 5.32 Å². The highest BCUT2D eigenvalue weighted by molar-refractivity contribution is 5.96. The first kappa shape index (κ1) is 26.9. The van der Waals surface area contributed by atoms with Crippen LogP contribution in [0.1, 0.15) is 47.2 Å². The van der Waals surface area contributed by atoms with E-state index in [1.165, 1.54) is 0 Å². The van der Waals surface area contributed by atoms with Crippen molar-refractivity contribution in [2.24, 2.45) is 11.8 Å². The lowest BCUT2D eigenvalue weighted by Gasteiger charge is -2.35. The Bertz CT molecular complexity index is 1800. The summed E-state index contributed by atoms with van der Waals surface area (Å²) < 4.78 is 19.2. The minimum absolute atomic E-state index is 0.0663. The molecule has 3 atom stereocenters. The Morgan fingerprint density at radius 2 is 1.86 bits per heavy atom. The molecule has 4 heterocycles. The molecule has 218 valence electrons. The summed E-state index contributed by atoms with van der Waals surface area (Å²) in [5.74, 6) is 0.117. The first-order chi connectivity index (χ1) is 20.9. The Labute approximate surface area is 246 Å². The Balaban J connectivity index is 1.05. The molecule has 2 aliphatic rings. The van der Waals surface area contributed by atoms with Crippen LogP contribution in [0.5, 0.6) is 0 Å². The van der Waals surface area contributed by atoms with E-state index in [1.807, 2.05) is 30.0 Å². The number of carbonyl (C=O) groups excluding carboxylic acids is 2. The van der Waals surface area contributed by atoms with Gasteiger partial charge in [0.05, 0.1) is 5.92 Å². The molecule has 1 aliphatic carbocycles. The maximum absolute atomic E-state index is 13.5. The second-order valence-corrected chi connectivity index (χ2v) is 11.1. The number of anilines is 1. The van der Waals surface area contributed by atoms with E-state index < -0.39 is 12.1 Å². The summed E-state index contributed by atoms with van der Waals surface area (Å²) >= 11 is 0. The van der Waals surface area contributed by atoms with Gasteiger partial charge in [0.2, 0.25) is 11.8 Å². The first-order valence-electron chi connectivity index (χ1n) is 14.4. The van der Waals surface area contributed by atoms with E-state index in [-0.39, 0.29) is 30.2 Å². The number of alkyl halides is 1. The van der Waals surface area contributed by atoms with Gasteiger partial charge >= 0.3 is 0 Å². The molecule has 1 N–H and O–H groups in total. The molecule has 11 nitrogen and oxygen atoms in total. The highest BCUT2D eigenvalue weighted by atomic mass is 19.1. The molecule has 43 heavy (non-hydrogen) atoms. The van der Waals surface area contributed by atoms with Crippen LogP contribution >= 0.6 is 0 Å². The minimum atomic E-state index is -1.06. The van der Waals surface area contributed by atoms with Crippen LogP contribution in [-0.2, 0) is 4.79 Å². The Kier molecular flexibility index (Phi) is 6.88.